The average Bonchev–Trinajstić information content (AvgIpc) is 3.79. The number of fused-ring (bicyclic) bond motifs is 9. The van der Waals surface area contributed by atoms with Crippen molar-refractivity contribution >= 4 is 85.6 Å². The summed E-state index contributed by atoms with van der Waals surface area (Å²) < 4.78 is 4.92. The number of benzene rings is 9. The molecule has 260 valence electrons. The summed E-state index contributed by atoms with van der Waals surface area (Å²) in [6.45, 7) is 0. The van der Waals surface area contributed by atoms with E-state index in [-0.39, 0.29) is 0 Å². The van der Waals surface area contributed by atoms with Crippen LogP contribution in [0.4, 0.5) is 0 Å². The standard InChI is InChI=1S/C51H30N4S/c1-2-14-33-29-46-42(27-32(33)13-1)39-19-7-9-22-45(39)55(46)36-26-34-15-4-6-18-38(34)44(30-36)51-53-49(35-24-25-48-43(28-35)40-20-8-10-23-47(40)56-48)52-50(54-51)41-21-11-16-31-12-3-5-17-37(31)41/h1-30H. The first-order valence-corrected chi connectivity index (χ1v) is 19.7. The van der Waals surface area contributed by atoms with E-state index in [0.717, 1.165) is 55.0 Å². The van der Waals surface area contributed by atoms with Gasteiger partial charge in [0, 0.05) is 53.3 Å². The molecule has 0 amide bonds. The number of aromatic nitrogens is 4. The van der Waals surface area contributed by atoms with Gasteiger partial charge in [-0.25, -0.2) is 15.0 Å². The first kappa shape index (κ1) is 31.2. The second-order valence-corrected chi connectivity index (χ2v) is 15.5. The molecule has 12 aromatic rings. The highest BCUT2D eigenvalue weighted by molar-refractivity contribution is 7.25. The molecule has 0 radical (unpaired) electrons. The van der Waals surface area contributed by atoms with E-state index in [1.54, 1.807) is 0 Å². The summed E-state index contributed by atoms with van der Waals surface area (Å²) in [4.78, 5) is 16.0. The average molecular weight is 731 g/mol. The van der Waals surface area contributed by atoms with Gasteiger partial charge in [0.2, 0.25) is 0 Å². The second kappa shape index (κ2) is 12.2. The molecule has 56 heavy (non-hydrogen) atoms. The lowest BCUT2D eigenvalue weighted by atomic mass is 10.0. The molecule has 3 aromatic heterocycles. The summed E-state index contributed by atoms with van der Waals surface area (Å²) in [5.74, 6) is 1.93. The molecule has 12 rings (SSSR count). The van der Waals surface area contributed by atoms with Crippen molar-refractivity contribution in [2.75, 3.05) is 0 Å². The highest BCUT2D eigenvalue weighted by atomic mass is 32.1. The summed E-state index contributed by atoms with van der Waals surface area (Å²) in [6, 6.07) is 65.1. The smallest absolute Gasteiger partial charge is 0.164 e. The molecule has 0 aliphatic heterocycles. The molecular formula is C51H30N4S. The SMILES string of the molecule is c1ccc2cc3c(cc2c1)c1ccccc1n3-c1cc(-c2nc(-c3ccc4sc5ccccc5c4c3)nc(-c3cccc4ccccc34)n2)c2ccccc2c1. The van der Waals surface area contributed by atoms with Crippen LogP contribution in [0.15, 0.2) is 182 Å². The Hall–Kier alpha value is -7.21. The van der Waals surface area contributed by atoms with E-state index in [1.165, 1.54) is 41.7 Å². The van der Waals surface area contributed by atoms with E-state index in [4.69, 9.17) is 15.0 Å². The van der Waals surface area contributed by atoms with E-state index < -0.39 is 0 Å². The summed E-state index contributed by atoms with van der Waals surface area (Å²) in [5, 5.41) is 11.8. The van der Waals surface area contributed by atoms with Crippen LogP contribution in [0.2, 0.25) is 0 Å². The maximum Gasteiger partial charge on any atom is 0.164 e. The van der Waals surface area contributed by atoms with E-state index in [9.17, 15) is 0 Å². The molecule has 5 heteroatoms. The molecule has 4 nitrogen and oxygen atoms in total. The molecule has 0 N–H and O–H groups in total. The van der Waals surface area contributed by atoms with Crippen molar-refractivity contribution in [1.29, 1.82) is 0 Å². The van der Waals surface area contributed by atoms with Gasteiger partial charge in [0.05, 0.1) is 11.0 Å². The molecule has 0 atom stereocenters. The Morgan fingerprint density at radius 1 is 0.339 bits per heavy atom. The van der Waals surface area contributed by atoms with Crippen LogP contribution in [-0.4, -0.2) is 19.5 Å². The largest absolute Gasteiger partial charge is 0.309 e. The number of para-hydroxylation sites is 1. The maximum absolute atomic E-state index is 5.36. The zero-order valence-corrected chi connectivity index (χ0v) is 30.8. The van der Waals surface area contributed by atoms with Crippen LogP contribution in [0.5, 0.6) is 0 Å². The molecule has 0 aliphatic carbocycles. The third-order valence-corrected chi connectivity index (χ3v) is 12.3. The third-order valence-electron chi connectivity index (χ3n) is 11.2. The van der Waals surface area contributed by atoms with Gasteiger partial charge in [0.15, 0.2) is 17.5 Å². The van der Waals surface area contributed by atoms with E-state index >= 15 is 0 Å². The number of hydrogen-bond donors (Lipinski definition) is 0. The van der Waals surface area contributed by atoms with Crippen molar-refractivity contribution in [3.8, 4) is 39.9 Å². The Labute approximate surface area is 325 Å². The Morgan fingerprint density at radius 3 is 1.79 bits per heavy atom. The van der Waals surface area contributed by atoms with Crippen LogP contribution >= 0.6 is 11.3 Å². The normalized spacial score (nSPS) is 11.9. The quantitative estimate of drug-likeness (QED) is 0.181. The fraction of sp³-hybridized carbons (Fsp3) is 0. The fourth-order valence-electron chi connectivity index (χ4n) is 8.57. The predicted octanol–water partition coefficient (Wildman–Crippen LogP) is 13.8. The number of thiophene rings is 1. The molecule has 0 aliphatic rings. The lowest BCUT2D eigenvalue weighted by Crippen LogP contribution is -2.02. The molecule has 0 fully saturated rings. The minimum absolute atomic E-state index is 0.637. The number of rotatable bonds is 4. The fourth-order valence-corrected chi connectivity index (χ4v) is 9.66. The summed E-state index contributed by atoms with van der Waals surface area (Å²) in [6.07, 6.45) is 0. The summed E-state index contributed by atoms with van der Waals surface area (Å²) >= 11 is 1.82. The zero-order chi connectivity index (χ0) is 36.7. The van der Waals surface area contributed by atoms with Crippen molar-refractivity contribution in [2.24, 2.45) is 0 Å². The second-order valence-electron chi connectivity index (χ2n) is 14.4. The summed E-state index contributed by atoms with van der Waals surface area (Å²) in [7, 11) is 0. The molecule has 0 bridgehead atoms. The molecule has 0 saturated heterocycles. The van der Waals surface area contributed by atoms with Crippen molar-refractivity contribution in [1.82, 2.24) is 19.5 Å². The van der Waals surface area contributed by atoms with E-state index in [2.05, 4.69) is 187 Å². The van der Waals surface area contributed by atoms with E-state index in [1.807, 2.05) is 11.3 Å². The highest BCUT2D eigenvalue weighted by Gasteiger charge is 2.20. The lowest BCUT2D eigenvalue weighted by molar-refractivity contribution is 1.08. The van der Waals surface area contributed by atoms with Gasteiger partial charge in [-0.1, -0.05) is 127 Å². The van der Waals surface area contributed by atoms with Gasteiger partial charge in [-0.15, -0.1) is 11.3 Å². The minimum atomic E-state index is 0.637. The van der Waals surface area contributed by atoms with Crippen molar-refractivity contribution in [2.45, 2.75) is 0 Å². The van der Waals surface area contributed by atoms with Gasteiger partial charge in [-0.3, -0.25) is 0 Å². The van der Waals surface area contributed by atoms with Gasteiger partial charge in [-0.05, 0) is 86.9 Å². The van der Waals surface area contributed by atoms with Crippen LogP contribution in [0, 0.1) is 0 Å². The monoisotopic (exact) mass is 730 g/mol. The molecular weight excluding hydrogens is 701 g/mol. The number of hydrogen-bond acceptors (Lipinski definition) is 4. The van der Waals surface area contributed by atoms with Gasteiger partial charge < -0.3 is 4.57 Å². The Morgan fingerprint density at radius 2 is 0.946 bits per heavy atom. The zero-order valence-electron chi connectivity index (χ0n) is 30.0. The molecule has 0 unspecified atom stereocenters. The van der Waals surface area contributed by atoms with Crippen LogP contribution in [0.25, 0.3) is 114 Å². The Balaban J connectivity index is 1.15. The first-order valence-electron chi connectivity index (χ1n) is 18.8. The van der Waals surface area contributed by atoms with Crippen LogP contribution in [0.1, 0.15) is 0 Å². The molecule has 3 heterocycles. The molecule has 0 spiro atoms. The maximum atomic E-state index is 5.36. The van der Waals surface area contributed by atoms with Crippen molar-refractivity contribution < 1.29 is 0 Å². The van der Waals surface area contributed by atoms with Crippen molar-refractivity contribution in [3.63, 3.8) is 0 Å². The minimum Gasteiger partial charge on any atom is -0.309 e. The Bertz CT molecular complexity index is 3550. The first-order chi connectivity index (χ1) is 27.7. The van der Waals surface area contributed by atoms with Gasteiger partial charge in [-0.2, -0.15) is 0 Å². The van der Waals surface area contributed by atoms with Crippen LogP contribution in [0.3, 0.4) is 0 Å². The van der Waals surface area contributed by atoms with E-state index in [0.29, 0.717) is 17.5 Å². The van der Waals surface area contributed by atoms with Crippen LogP contribution in [-0.2, 0) is 0 Å². The Kier molecular flexibility index (Phi) is 6.76. The lowest BCUT2D eigenvalue weighted by Gasteiger charge is -2.15. The van der Waals surface area contributed by atoms with Gasteiger partial charge in [0.25, 0.3) is 0 Å². The predicted molar refractivity (Wildman–Crippen MR) is 236 cm³/mol. The van der Waals surface area contributed by atoms with Crippen LogP contribution < -0.4 is 0 Å². The number of nitrogens with zero attached hydrogens (tertiary/aromatic N) is 4. The van der Waals surface area contributed by atoms with Gasteiger partial charge in [0.1, 0.15) is 0 Å². The van der Waals surface area contributed by atoms with Gasteiger partial charge >= 0.3 is 0 Å². The molecule has 9 aromatic carbocycles. The summed E-state index contributed by atoms with van der Waals surface area (Å²) in [5.41, 5.74) is 6.26. The topological polar surface area (TPSA) is 43.6 Å². The molecule has 0 saturated carbocycles. The van der Waals surface area contributed by atoms with Crippen molar-refractivity contribution in [3.05, 3.63) is 182 Å². The highest BCUT2D eigenvalue weighted by Crippen LogP contribution is 2.40. The third kappa shape index (κ3) is 4.81.